The van der Waals surface area contributed by atoms with Gasteiger partial charge in [-0.2, -0.15) is 26.9 Å². The molecule has 2 heterocycles. The number of aromatic nitrogens is 2. The van der Waals surface area contributed by atoms with Crippen LogP contribution in [0.15, 0.2) is 24.4 Å². The highest BCUT2D eigenvalue weighted by atomic mass is 19.4. The molecule has 1 aromatic heterocycles. The van der Waals surface area contributed by atoms with Gasteiger partial charge >= 0.3 is 12.1 Å². The summed E-state index contributed by atoms with van der Waals surface area (Å²) in [6, 6.07) is 3.72. The lowest BCUT2D eigenvalue weighted by molar-refractivity contribution is -0.140. The molecule has 2 aromatic rings. The Morgan fingerprint density at radius 2 is 1.95 bits per heavy atom. The molecule has 14 heteroatoms. The summed E-state index contributed by atoms with van der Waals surface area (Å²) in [7, 11) is 2.55. The van der Waals surface area contributed by atoms with Gasteiger partial charge in [-0.15, -0.1) is 0 Å². The van der Waals surface area contributed by atoms with Crippen molar-refractivity contribution in [1.82, 2.24) is 15.3 Å². The summed E-state index contributed by atoms with van der Waals surface area (Å²) < 4.78 is 72.0. The summed E-state index contributed by atoms with van der Waals surface area (Å²) >= 11 is 0. The number of ether oxygens (including phenoxy) is 1. The van der Waals surface area contributed by atoms with Crippen LogP contribution in [0.3, 0.4) is 0 Å². The molecule has 4 rings (SSSR count). The number of hydrogen-bond acceptors (Lipinski definition) is 7. The topological polar surface area (TPSA) is 99.7 Å². The maximum absolute atomic E-state index is 14.7. The van der Waals surface area contributed by atoms with Crippen LogP contribution < -0.4 is 25.2 Å². The number of carbonyl (C=O) groups excluding carboxylic acids is 2. The van der Waals surface area contributed by atoms with E-state index in [4.69, 9.17) is 4.74 Å². The Balaban J connectivity index is 1.63. The van der Waals surface area contributed by atoms with Crippen LogP contribution in [0.4, 0.5) is 45.1 Å². The molecule has 1 aliphatic heterocycles. The average Bonchev–Trinajstić information content (AvgIpc) is 3.37. The number of nitrogens with zero attached hydrogens (tertiary/aromatic N) is 4. The van der Waals surface area contributed by atoms with Crippen LogP contribution in [0.1, 0.15) is 36.0 Å². The number of nitrogens with one attached hydrogen (secondary N) is 2. The molecule has 1 aromatic carbocycles. The molecule has 2 aliphatic rings. The fraction of sp³-hybridized carbons (Fsp3) is 0.478. The summed E-state index contributed by atoms with van der Waals surface area (Å²) in [6.07, 6.45) is -0.154. The van der Waals surface area contributed by atoms with Crippen molar-refractivity contribution in [3.8, 4) is 5.75 Å². The Kier molecular flexibility index (Phi) is 7.11. The van der Waals surface area contributed by atoms with E-state index in [1.54, 1.807) is 5.32 Å². The monoisotopic (exact) mass is 528 g/mol. The smallest absolute Gasteiger partial charge is 0.405 e. The van der Waals surface area contributed by atoms with E-state index in [1.165, 1.54) is 43.5 Å². The van der Waals surface area contributed by atoms with Crippen molar-refractivity contribution in [3.05, 3.63) is 30.0 Å². The summed E-state index contributed by atoms with van der Waals surface area (Å²) in [4.78, 5) is 35.4. The average molecular weight is 528 g/mol. The quantitative estimate of drug-likeness (QED) is 0.549. The van der Waals surface area contributed by atoms with Gasteiger partial charge in [0.2, 0.25) is 5.95 Å². The number of benzene rings is 1. The van der Waals surface area contributed by atoms with Crippen LogP contribution in [0.2, 0.25) is 0 Å². The number of alkyl halides is 5. The molecule has 0 unspecified atom stereocenters. The van der Waals surface area contributed by atoms with Gasteiger partial charge in [0.15, 0.2) is 5.82 Å². The first-order valence-corrected chi connectivity index (χ1v) is 11.5. The summed E-state index contributed by atoms with van der Waals surface area (Å²) in [6.45, 7) is -2.29. The van der Waals surface area contributed by atoms with Gasteiger partial charge in [0.05, 0.1) is 25.5 Å². The third kappa shape index (κ3) is 5.67. The third-order valence-corrected chi connectivity index (χ3v) is 6.29. The molecule has 0 saturated heterocycles. The largest absolute Gasteiger partial charge is 0.495 e. The Hall–Kier alpha value is -3.71. The lowest BCUT2D eigenvalue weighted by Crippen LogP contribution is -2.48. The number of rotatable bonds is 6. The van der Waals surface area contributed by atoms with Gasteiger partial charge in [0, 0.05) is 18.7 Å². The normalized spacial score (nSPS) is 17.9. The standard InChI is InChI=1S/C23H25F5N6O3/c1-33-16-10-29-21(32-18(16)34(14-5-3-4-6-14)12-22(24,25)20(33)36)31-15-8-7-13(9-17(15)37-2)19(35)30-11-23(26,27)28/h7-10,14H,3-6,11-12H2,1-2H3,(H,30,35)(H,29,31,32). The molecule has 200 valence electrons. The molecule has 0 radical (unpaired) electrons. The van der Waals surface area contributed by atoms with Crippen LogP contribution in [0.5, 0.6) is 5.75 Å². The number of hydrogen-bond donors (Lipinski definition) is 2. The highest BCUT2D eigenvalue weighted by molar-refractivity contribution is 6.02. The van der Waals surface area contributed by atoms with E-state index in [1.807, 2.05) is 0 Å². The summed E-state index contributed by atoms with van der Waals surface area (Å²) in [5, 5.41) is 4.68. The van der Waals surface area contributed by atoms with Gasteiger partial charge in [-0.1, -0.05) is 12.8 Å². The number of carbonyl (C=O) groups is 2. The minimum Gasteiger partial charge on any atom is -0.495 e. The molecule has 0 spiro atoms. The molecule has 2 amide bonds. The van der Waals surface area contributed by atoms with E-state index in [2.05, 4.69) is 15.3 Å². The molecule has 1 saturated carbocycles. The fourth-order valence-corrected chi connectivity index (χ4v) is 4.44. The van der Waals surface area contributed by atoms with Crippen molar-refractivity contribution in [3.63, 3.8) is 0 Å². The first-order valence-electron chi connectivity index (χ1n) is 11.5. The van der Waals surface area contributed by atoms with E-state index in [9.17, 15) is 31.5 Å². The number of methoxy groups -OCH3 is 1. The Morgan fingerprint density at radius 1 is 1.24 bits per heavy atom. The van der Waals surface area contributed by atoms with Crippen molar-refractivity contribution in [2.24, 2.45) is 0 Å². The molecule has 2 N–H and O–H groups in total. The predicted octanol–water partition coefficient (Wildman–Crippen LogP) is 3.88. The molecule has 9 nitrogen and oxygen atoms in total. The van der Waals surface area contributed by atoms with Gasteiger partial charge in [-0.05, 0) is 31.0 Å². The SMILES string of the molecule is COc1cc(C(=O)NCC(F)(F)F)ccc1Nc1ncc2c(n1)N(C1CCCC1)CC(F)(F)C(=O)N2C. The molecule has 0 atom stereocenters. The first-order chi connectivity index (χ1) is 17.4. The van der Waals surface area contributed by atoms with Gasteiger partial charge in [-0.3, -0.25) is 9.59 Å². The lowest BCUT2D eigenvalue weighted by atomic mass is 10.1. The first kappa shape index (κ1) is 26.4. The predicted molar refractivity (Wildman–Crippen MR) is 125 cm³/mol. The van der Waals surface area contributed by atoms with Crippen molar-refractivity contribution < 1.29 is 36.3 Å². The minimum absolute atomic E-state index is 0.0142. The van der Waals surface area contributed by atoms with Crippen molar-refractivity contribution in [1.29, 1.82) is 0 Å². The molecule has 37 heavy (non-hydrogen) atoms. The Morgan fingerprint density at radius 3 is 2.59 bits per heavy atom. The van der Waals surface area contributed by atoms with Gasteiger partial charge in [0.1, 0.15) is 18.0 Å². The second-order valence-electron chi connectivity index (χ2n) is 8.88. The number of anilines is 4. The minimum atomic E-state index is -4.56. The molecule has 1 fully saturated rings. The van der Waals surface area contributed by atoms with Crippen LogP contribution in [-0.2, 0) is 4.79 Å². The Labute approximate surface area is 209 Å². The van der Waals surface area contributed by atoms with Crippen molar-refractivity contribution >= 4 is 35.0 Å². The maximum Gasteiger partial charge on any atom is 0.405 e. The molecular weight excluding hydrogens is 503 g/mol. The van der Waals surface area contributed by atoms with Crippen LogP contribution in [-0.4, -0.2) is 67.2 Å². The lowest BCUT2D eigenvalue weighted by Gasteiger charge is -2.31. The zero-order valence-electron chi connectivity index (χ0n) is 20.0. The number of fused-ring (bicyclic) bond motifs is 1. The zero-order valence-corrected chi connectivity index (χ0v) is 20.0. The van der Waals surface area contributed by atoms with Crippen LogP contribution in [0, 0.1) is 0 Å². The fourth-order valence-electron chi connectivity index (χ4n) is 4.44. The van der Waals surface area contributed by atoms with E-state index in [0.29, 0.717) is 12.8 Å². The van der Waals surface area contributed by atoms with Crippen LogP contribution >= 0.6 is 0 Å². The summed E-state index contributed by atoms with van der Waals surface area (Å²) in [5.74, 6) is -5.59. The van der Waals surface area contributed by atoms with Gasteiger partial charge < -0.3 is 25.2 Å². The Bertz CT molecular complexity index is 1190. The highest BCUT2D eigenvalue weighted by Crippen LogP contribution is 2.40. The molecule has 1 aliphatic carbocycles. The second-order valence-corrected chi connectivity index (χ2v) is 8.88. The highest BCUT2D eigenvalue weighted by Gasteiger charge is 2.48. The van der Waals surface area contributed by atoms with Gasteiger partial charge in [0.25, 0.3) is 11.8 Å². The van der Waals surface area contributed by atoms with E-state index >= 15 is 0 Å². The van der Waals surface area contributed by atoms with Crippen molar-refractivity contribution in [2.45, 2.75) is 43.8 Å². The van der Waals surface area contributed by atoms with E-state index in [-0.39, 0.29) is 40.5 Å². The van der Waals surface area contributed by atoms with E-state index < -0.39 is 37.0 Å². The van der Waals surface area contributed by atoms with Crippen molar-refractivity contribution in [2.75, 3.05) is 42.4 Å². The number of amides is 2. The number of halogens is 5. The summed E-state index contributed by atoms with van der Waals surface area (Å²) in [5.41, 5.74) is 0.359. The van der Waals surface area contributed by atoms with Crippen LogP contribution in [0.25, 0.3) is 0 Å². The molecule has 0 bridgehead atoms. The van der Waals surface area contributed by atoms with Gasteiger partial charge in [-0.25, -0.2) is 4.98 Å². The molecular formula is C23H25F5N6O3. The maximum atomic E-state index is 14.7. The van der Waals surface area contributed by atoms with E-state index in [0.717, 1.165) is 17.7 Å². The zero-order chi connectivity index (χ0) is 27.0. The second kappa shape index (κ2) is 9.98. The third-order valence-electron chi connectivity index (χ3n) is 6.29.